The van der Waals surface area contributed by atoms with Crippen LogP contribution in [0.15, 0.2) is 0 Å². The standard InChI is InChI=1S/C19H36N2/c1-2-20-19(16-13-14-16)15-21(17-9-5-3-6-10-17)18-11-7-4-8-12-18/h16-20H,2-15H2,1H3. The van der Waals surface area contributed by atoms with E-state index < -0.39 is 0 Å². The maximum absolute atomic E-state index is 3.81. The van der Waals surface area contributed by atoms with E-state index in [1.54, 1.807) is 0 Å². The molecule has 0 aliphatic heterocycles. The van der Waals surface area contributed by atoms with Crippen LogP contribution in [0.1, 0.15) is 84.0 Å². The lowest BCUT2D eigenvalue weighted by molar-refractivity contribution is 0.0676. The third-order valence-electron chi connectivity index (χ3n) is 6.15. The van der Waals surface area contributed by atoms with Crippen LogP contribution in [-0.2, 0) is 0 Å². The van der Waals surface area contributed by atoms with Crippen LogP contribution in [0, 0.1) is 5.92 Å². The summed E-state index contributed by atoms with van der Waals surface area (Å²) in [5.41, 5.74) is 0. The molecule has 122 valence electrons. The maximum Gasteiger partial charge on any atom is 0.0223 e. The summed E-state index contributed by atoms with van der Waals surface area (Å²) >= 11 is 0. The Kier molecular flexibility index (Phi) is 5.99. The summed E-state index contributed by atoms with van der Waals surface area (Å²) in [4.78, 5) is 2.99. The van der Waals surface area contributed by atoms with Crippen LogP contribution in [0.2, 0.25) is 0 Å². The second kappa shape index (κ2) is 7.97. The van der Waals surface area contributed by atoms with Gasteiger partial charge in [0, 0.05) is 24.7 Å². The largest absolute Gasteiger partial charge is 0.313 e. The van der Waals surface area contributed by atoms with Crippen molar-refractivity contribution in [2.75, 3.05) is 13.1 Å². The highest BCUT2D eigenvalue weighted by molar-refractivity contribution is 4.92. The lowest BCUT2D eigenvalue weighted by atomic mass is 9.88. The molecule has 3 fully saturated rings. The van der Waals surface area contributed by atoms with E-state index in [1.807, 2.05) is 0 Å². The molecule has 0 aromatic heterocycles. The van der Waals surface area contributed by atoms with Gasteiger partial charge in [0.2, 0.25) is 0 Å². The molecule has 0 aromatic rings. The molecule has 0 amide bonds. The summed E-state index contributed by atoms with van der Waals surface area (Å²) in [6.07, 6.45) is 17.7. The first-order valence-corrected chi connectivity index (χ1v) is 9.87. The Labute approximate surface area is 132 Å². The van der Waals surface area contributed by atoms with Gasteiger partial charge >= 0.3 is 0 Å². The maximum atomic E-state index is 3.81. The monoisotopic (exact) mass is 292 g/mol. The highest BCUT2D eigenvalue weighted by atomic mass is 15.2. The number of rotatable bonds is 7. The fourth-order valence-corrected chi connectivity index (χ4v) is 4.79. The molecule has 3 saturated carbocycles. The third kappa shape index (κ3) is 4.45. The summed E-state index contributed by atoms with van der Waals surface area (Å²) in [7, 11) is 0. The minimum absolute atomic E-state index is 0.777. The molecular weight excluding hydrogens is 256 g/mol. The first-order chi connectivity index (χ1) is 10.4. The van der Waals surface area contributed by atoms with Gasteiger partial charge in [-0.05, 0) is 51.0 Å². The molecule has 3 aliphatic rings. The number of nitrogens with one attached hydrogen (secondary N) is 1. The van der Waals surface area contributed by atoms with Crippen LogP contribution in [0.3, 0.4) is 0 Å². The first kappa shape index (κ1) is 15.8. The molecular formula is C19H36N2. The second-order valence-electron chi connectivity index (χ2n) is 7.78. The summed E-state index contributed by atoms with van der Waals surface area (Å²) in [6.45, 7) is 4.76. The fourth-order valence-electron chi connectivity index (χ4n) is 4.79. The van der Waals surface area contributed by atoms with E-state index in [0.29, 0.717) is 0 Å². The van der Waals surface area contributed by atoms with E-state index in [2.05, 4.69) is 17.1 Å². The van der Waals surface area contributed by atoms with Crippen LogP contribution in [0.25, 0.3) is 0 Å². The van der Waals surface area contributed by atoms with Crippen molar-refractivity contribution in [2.45, 2.75) is 102 Å². The second-order valence-corrected chi connectivity index (χ2v) is 7.78. The fraction of sp³-hybridized carbons (Fsp3) is 1.00. The highest BCUT2D eigenvalue weighted by Crippen LogP contribution is 2.36. The van der Waals surface area contributed by atoms with Crippen LogP contribution in [0.4, 0.5) is 0 Å². The van der Waals surface area contributed by atoms with Crippen molar-refractivity contribution in [2.24, 2.45) is 5.92 Å². The molecule has 2 nitrogen and oxygen atoms in total. The van der Waals surface area contributed by atoms with E-state index in [4.69, 9.17) is 0 Å². The zero-order valence-corrected chi connectivity index (χ0v) is 14.2. The smallest absolute Gasteiger partial charge is 0.0223 e. The van der Waals surface area contributed by atoms with Crippen LogP contribution >= 0.6 is 0 Å². The van der Waals surface area contributed by atoms with Gasteiger partial charge in [-0.1, -0.05) is 45.4 Å². The molecule has 0 radical (unpaired) electrons. The highest BCUT2D eigenvalue weighted by Gasteiger charge is 2.36. The quantitative estimate of drug-likeness (QED) is 0.751. The van der Waals surface area contributed by atoms with Crippen molar-refractivity contribution in [3.8, 4) is 0 Å². The lowest BCUT2D eigenvalue weighted by Crippen LogP contribution is -2.52. The molecule has 3 rings (SSSR count). The van der Waals surface area contributed by atoms with Gasteiger partial charge in [-0.2, -0.15) is 0 Å². The van der Waals surface area contributed by atoms with Crippen molar-refractivity contribution in [3.63, 3.8) is 0 Å². The molecule has 2 heteroatoms. The zero-order valence-electron chi connectivity index (χ0n) is 14.2. The van der Waals surface area contributed by atoms with Gasteiger partial charge in [0.25, 0.3) is 0 Å². The predicted octanol–water partition coefficient (Wildman–Crippen LogP) is 4.34. The zero-order chi connectivity index (χ0) is 14.5. The van der Waals surface area contributed by atoms with Crippen LogP contribution in [0.5, 0.6) is 0 Å². The van der Waals surface area contributed by atoms with Crippen LogP contribution < -0.4 is 5.32 Å². The van der Waals surface area contributed by atoms with Gasteiger partial charge < -0.3 is 5.32 Å². The lowest BCUT2D eigenvalue weighted by Gasteiger charge is -2.43. The van der Waals surface area contributed by atoms with Crippen LogP contribution in [-0.4, -0.2) is 36.1 Å². The Morgan fingerprint density at radius 3 is 1.76 bits per heavy atom. The summed E-state index contributed by atoms with van der Waals surface area (Å²) in [5.74, 6) is 0.986. The Balaban J connectivity index is 1.64. The average Bonchev–Trinajstić information content (AvgIpc) is 3.38. The molecule has 21 heavy (non-hydrogen) atoms. The predicted molar refractivity (Wildman–Crippen MR) is 90.6 cm³/mol. The minimum Gasteiger partial charge on any atom is -0.313 e. The van der Waals surface area contributed by atoms with Gasteiger partial charge in [-0.25, -0.2) is 0 Å². The number of hydrogen-bond donors (Lipinski definition) is 1. The third-order valence-corrected chi connectivity index (χ3v) is 6.15. The Morgan fingerprint density at radius 2 is 1.33 bits per heavy atom. The molecule has 0 heterocycles. The molecule has 0 saturated heterocycles. The van der Waals surface area contributed by atoms with Crippen molar-refractivity contribution in [1.82, 2.24) is 10.2 Å². The van der Waals surface area contributed by atoms with Gasteiger partial charge in [0.05, 0.1) is 0 Å². The topological polar surface area (TPSA) is 15.3 Å². The van der Waals surface area contributed by atoms with Gasteiger partial charge in [0.1, 0.15) is 0 Å². The Morgan fingerprint density at radius 1 is 0.810 bits per heavy atom. The van der Waals surface area contributed by atoms with Gasteiger partial charge in [-0.15, -0.1) is 0 Å². The van der Waals surface area contributed by atoms with Crippen molar-refractivity contribution >= 4 is 0 Å². The Hall–Kier alpha value is -0.0800. The van der Waals surface area contributed by atoms with Crippen molar-refractivity contribution in [1.29, 1.82) is 0 Å². The number of hydrogen-bond acceptors (Lipinski definition) is 2. The Bertz CT molecular complexity index is 270. The molecule has 0 bridgehead atoms. The van der Waals surface area contributed by atoms with E-state index in [-0.39, 0.29) is 0 Å². The number of likely N-dealkylation sites (N-methyl/N-ethyl adjacent to an activating group) is 1. The average molecular weight is 293 g/mol. The van der Waals surface area contributed by atoms with Crippen molar-refractivity contribution < 1.29 is 0 Å². The normalized spacial score (nSPS) is 27.1. The molecule has 1 unspecified atom stereocenters. The first-order valence-electron chi connectivity index (χ1n) is 9.87. The summed E-state index contributed by atoms with van der Waals surface area (Å²) in [5, 5.41) is 3.81. The van der Waals surface area contributed by atoms with Gasteiger partial charge in [0.15, 0.2) is 0 Å². The van der Waals surface area contributed by atoms with Gasteiger partial charge in [-0.3, -0.25) is 4.90 Å². The number of nitrogens with zero attached hydrogens (tertiary/aromatic N) is 1. The van der Waals surface area contributed by atoms with E-state index in [1.165, 1.54) is 83.6 Å². The van der Waals surface area contributed by atoms with Crippen molar-refractivity contribution in [3.05, 3.63) is 0 Å². The SMILES string of the molecule is CCNC(CN(C1CCCCC1)C1CCCCC1)C1CC1. The summed E-state index contributed by atoms with van der Waals surface area (Å²) in [6, 6.07) is 2.59. The van der Waals surface area contributed by atoms with E-state index in [0.717, 1.165) is 30.6 Å². The van der Waals surface area contributed by atoms with E-state index >= 15 is 0 Å². The molecule has 0 aromatic carbocycles. The van der Waals surface area contributed by atoms with E-state index in [9.17, 15) is 0 Å². The minimum atomic E-state index is 0.777. The molecule has 0 spiro atoms. The molecule has 3 aliphatic carbocycles. The molecule has 1 N–H and O–H groups in total. The molecule has 1 atom stereocenters. The summed E-state index contributed by atoms with van der Waals surface area (Å²) < 4.78 is 0.